The number of aryl methyl sites for hydroxylation is 2. The fourth-order valence-electron chi connectivity index (χ4n) is 2.53. The Hall–Kier alpha value is -2.44. The first-order chi connectivity index (χ1) is 10.6. The molecule has 2 aromatic heterocycles. The van der Waals surface area contributed by atoms with Gasteiger partial charge in [-0.3, -0.25) is 4.79 Å². The molecule has 0 atom stereocenters. The molecule has 1 aliphatic heterocycles. The summed E-state index contributed by atoms with van der Waals surface area (Å²) in [6.07, 6.45) is 0.883. The minimum absolute atomic E-state index is 0.0996. The first-order valence-electron chi connectivity index (χ1n) is 7.41. The first-order valence-corrected chi connectivity index (χ1v) is 7.41. The van der Waals surface area contributed by atoms with E-state index >= 15 is 0 Å². The van der Waals surface area contributed by atoms with Crippen LogP contribution in [0.25, 0.3) is 0 Å². The summed E-state index contributed by atoms with van der Waals surface area (Å²) in [5.41, 5.74) is 1.62. The third kappa shape index (κ3) is 3.08. The normalized spacial score (nSPS) is 15.7. The molecular formula is C15H19N5O2. The molecule has 22 heavy (non-hydrogen) atoms. The van der Waals surface area contributed by atoms with Gasteiger partial charge in [-0.2, -0.15) is 5.10 Å². The van der Waals surface area contributed by atoms with Crippen LogP contribution in [0, 0.1) is 13.8 Å². The van der Waals surface area contributed by atoms with Gasteiger partial charge in [-0.15, -0.1) is 5.10 Å². The lowest BCUT2D eigenvalue weighted by Gasteiger charge is -2.21. The van der Waals surface area contributed by atoms with Crippen molar-refractivity contribution in [2.24, 2.45) is 0 Å². The van der Waals surface area contributed by atoms with Gasteiger partial charge in [0.2, 0.25) is 5.76 Å². The van der Waals surface area contributed by atoms with Gasteiger partial charge in [-0.1, -0.05) is 5.16 Å². The lowest BCUT2D eigenvalue weighted by atomic mass is 10.3. The average Bonchev–Trinajstić information content (AvgIpc) is 2.81. The van der Waals surface area contributed by atoms with Crippen LogP contribution in [0.4, 0.5) is 5.82 Å². The number of carbonyl (C=O) groups is 1. The Balaban J connectivity index is 1.67. The molecule has 7 heteroatoms. The standard InChI is InChI=1S/C15H19N5O2/c1-11-4-5-14(17-16-11)19-6-3-7-20(9-8-19)15(21)13-10-12(2)18-22-13/h4-5,10H,3,6-9H2,1-2H3. The van der Waals surface area contributed by atoms with Crippen molar-refractivity contribution < 1.29 is 9.32 Å². The van der Waals surface area contributed by atoms with Gasteiger partial charge >= 0.3 is 0 Å². The van der Waals surface area contributed by atoms with Gasteiger partial charge < -0.3 is 14.3 Å². The maximum atomic E-state index is 12.4. The van der Waals surface area contributed by atoms with E-state index < -0.39 is 0 Å². The third-order valence-corrected chi connectivity index (χ3v) is 3.73. The van der Waals surface area contributed by atoms with Crippen LogP contribution in [0.3, 0.4) is 0 Å². The predicted molar refractivity (Wildman–Crippen MR) is 80.7 cm³/mol. The molecule has 0 radical (unpaired) electrons. The van der Waals surface area contributed by atoms with Crippen molar-refractivity contribution in [3.05, 3.63) is 35.3 Å². The molecule has 1 amide bonds. The number of nitrogens with zero attached hydrogens (tertiary/aromatic N) is 5. The van der Waals surface area contributed by atoms with Gasteiger partial charge in [0.25, 0.3) is 5.91 Å². The van der Waals surface area contributed by atoms with E-state index in [1.165, 1.54) is 0 Å². The monoisotopic (exact) mass is 301 g/mol. The molecule has 0 bridgehead atoms. The van der Waals surface area contributed by atoms with E-state index in [2.05, 4.69) is 20.3 Å². The Bertz CT molecular complexity index is 652. The van der Waals surface area contributed by atoms with Crippen molar-refractivity contribution in [3.8, 4) is 0 Å². The van der Waals surface area contributed by atoms with E-state index in [0.717, 1.165) is 36.7 Å². The summed E-state index contributed by atoms with van der Waals surface area (Å²) < 4.78 is 5.07. The number of amides is 1. The van der Waals surface area contributed by atoms with Gasteiger partial charge in [-0.25, -0.2) is 0 Å². The second-order valence-corrected chi connectivity index (χ2v) is 5.50. The summed E-state index contributed by atoms with van der Waals surface area (Å²) in [5, 5.41) is 12.1. The van der Waals surface area contributed by atoms with E-state index in [1.54, 1.807) is 13.0 Å². The molecule has 0 aliphatic carbocycles. The van der Waals surface area contributed by atoms with Crippen LogP contribution in [0.5, 0.6) is 0 Å². The van der Waals surface area contributed by atoms with Gasteiger partial charge in [0.15, 0.2) is 5.82 Å². The Morgan fingerprint density at radius 3 is 2.64 bits per heavy atom. The fourth-order valence-corrected chi connectivity index (χ4v) is 2.53. The SMILES string of the molecule is Cc1ccc(N2CCCN(C(=O)c3cc(C)no3)CC2)nn1. The molecule has 2 aromatic rings. The highest BCUT2D eigenvalue weighted by molar-refractivity contribution is 5.91. The van der Waals surface area contributed by atoms with Gasteiger partial charge in [0.05, 0.1) is 11.4 Å². The first kappa shape index (κ1) is 14.5. The van der Waals surface area contributed by atoms with Gasteiger partial charge in [0.1, 0.15) is 0 Å². The fraction of sp³-hybridized carbons (Fsp3) is 0.467. The summed E-state index contributed by atoms with van der Waals surface area (Å²) in [6.45, 7) is 6.65. The molecule has 7 nitrogen and oxygen atoms in total. The number of rotatable bonds is 2. The molecule has 0 aromatic carbocycles. The lowest BCUT2D eigenvalue weighted by molar-refractivity contribution is 0.0725. The lowest BCUT2D eigenvalue weighted by Crippen LogP contribution is -2.35. The molecular weight excluding hydrogens is 282 g/mol. The molecule has 1 fully saturated rings. The quantitative estimate of drug-likeness (QED) is 0.835. The minimum Gasteiger partial charge on any atom is -0.353 e. The second-order valence-electron chi connectivity index (χ2n) is 5.50. The minimum atomic E-state index is -0.0996. The van der Waals surface area contributed by atoms with E-state index in [4.69, 9.17) is 4.52 Å². The van der Waals surface area contributed by atoms with Crippen LogP contribution in [0.1, 0.15) is 28.4 Å². The topological polar surface area (TPSA) is 75.4 Å². The number of hydrogen-bond acceptors (Lipinski definition) is 6. The van der Waals surface area contributed by atoms with Gasteiger partial charge in [0, 0.05) is 32.2 Å². The summed E-state index contributed by atoms with van der Waals surface area (Å²) in [5.74, 6) is 1.06. The zero-order chi connectivity index (χ0) is 15.5. The summed E-state index contributed by atoms with van der Waals surface area (Å²) in [7, 11) is 0. The number of aromatic nitrogens is 3. The van der Waals surface area contributed by atoms with Crippen LogP contribution in [0.2, 0.25) is 0 Å². The van der Waals surface area contributed by atoms with E-state index in [1.807, 2.05) is 24.0 Å². The molecule has 0 N–H and O–H groups in total. The van der Waals surface area contributed by atoms with Crippen LogP contribution in [-0.2, 0) is 0 Å². The van der Waals surface area contributed by atoms with Gasteiger partial charge in [-0.05, 0) is 32.4 Å². The highest BCUT2D eigenvalue weighted by Gasteiger charge is 2.23. The average molecular weight is 301 g/mol. The molecule has 0 saturated carbocycles. The third-order valence-electron chi connectivity index (χ3n) is 3.73. The molecule has 0 unspecified atom stereocenters. The van der Waals surface area contributed by atoms with Crippen molar-refractivity contribution in [3.63, 3.8) is 0 Å². The van der Waals surface area contributed by atoms with Crippen LogP contribution in [-0.4, -0.2) is 52.3 Å². The summed E-state index contributed by atoms with van der Waals surface area (Å²) in [6, 6.07) is 5.60. The smallest absolute Gasteiger partial charge is 0.292 e. The van der Waals surface area contributed by atoms with Crippen molar-refractivity contribution in [2.45, 2.75) is 20.3 Å². The Morgan fingerprint density at radius 1 is 1.09 bits per heavy atom. The van der Waals surface area contributed by atoms with Crippen molar-refractivity contribution >= 4 is 11.7 Å². The zero-order valence-corrected chi connectivity index (χ0v) is 12.8. The second kappa shape index (κ2) is 6.13. The summed E-state index contributed by atoms with van der Waals surface area (Å²) >= 11 is 0. The van der Waals surface area contributed by atoms with E-state index in [0.29, 0.717) is 18.8 Å². The largest absolute Gasteiger partial charge is 0.353 e. The number of hydrogen-bond donors (Lipinski definition) is 0. The number of anilines is 1. The molecule has 0 spiro atoms. The summed E-state index contributed by atoms with van der Waals surface area (Å²) in [4.78, 5) is 16.4. The van der Waals surface area contributed by atoms with Crippen molar-refractivity contribution in [1.82, 2.24) is 20.3 Å². The Labute approximate surface area is 128 Å². The Morgan fingerprint density at radius 2 is 1.95 bits per heavy atom. The highest BCUT2D eigenvalue weighted by Crippen LogP contribution is 2.15. The maximum absolute atomic E-state index is 12.4. The molecule has 1 aliphatic rings. The zero-order valence-electron chi connectivity index (χ0n) is 12.8. The highest BCUT2D eigenvalue weighted by atomic mass is 16.5. The molecule has 116 valence electrons. The van der Waals surface area contributed by atoms with E-state index in [-0.39, 0.29) is 5.91 Å². The van der Waals surface area contributed by atoms with Crippen molar-refractivity contribution in [2.75, 3.05) is 31.1 Å². The number of carbonyl (C=O) groups excluding carboxylic acids is 1. The predicted octanol–water partition coefficient (Wildman–Crippen LogP) is 1.43. The van der Waals surface area contributed by atoms with Crippen LogP contribution in [0.15, 0.2) is 22.7 Å². The Kier molecular flexibility index (Phi) is 4.04. The van der Waals surface area contributed by atoms with E-state index in [9.17, 15) is 4.79 Å². The molecule has 3 rings (SSSR count). The molecule has 1 saturated heterocycles. The maximum Gasteiger partial charge on any atom is 0.292 e. The van der Waals surface area contributed by atoms with Crippen LogP contribution >= 0.6 is 0 Å². The van der Waals surface area contributed by atoms with Crippen LogP contribution < -0.4 is 4.90 Å². The molecule has 3 heterocycles. The van der Waals surface area contributed by atoms with Crippen molar-refractivity contribution in [1.29, 1.82) is 0 Å².